The van der Waals surface area contributed by atoms with Crippen molar-refractivity contribution in [2.45, 2.75) is 18.5 Å². The van der Waals surface area contributed by atoms with Gasteiger partial charge < -0.3 is 10.8 Å². The minimum atomic E-state index is -0.723. The molecule has 1 unspecified atom stereocenters. The zero-order valence-electron chi connectivity index (χ0n) is 9.96. The molecule has 1 atom stereocenters. The first-order chi connectivity index (χ1) is 8.64. The van der Waals surface area contributed by atoms with E-state index in [1.54, 1.807) is 6.20 Å². The molecule has 4 nitrogen and oxygen atoms in total. The zero-order chi connectivity index (χ0) is 13.0. The maximum Gasteiger partial charge on any atom is 0.0661 e. The van der Waals surface area contributed by atoms with Crippen LogP contribution in [0.15, 0.2) is 47.2 Å². The van der Waals surface area contributed by atoms with Gasteiger partial charge in [-0.15, -0.1) is 0 Å². The smallest absolute Gasteiger partial charge is 0.0661 e. The van der Waals surface area contributed by atoms with Crippen LogP contribution < -0.4 is 5.73 Å². The lowest BCUT2D eigenvalue weighted by atomic mass is 9.88. The Labute approximate surface area is 115 Å². The molecule has 0 bridgehead atoms. The van der Waals surface area contributed by atoms with Crippen LogP contribution in [0.3, 0.4) is 0 Å². The summed E-state index contributed by atoms with van der Waals surface area (Å²) in [5.41, 5.74) is 6.49. The monoisotopic (exact) mass is 309 g/mol. The summed E-state index contributed by atoms with van der Waals surface area (Å²) in [7, 11) is 0. The van der Waals surface area contributed by atoms with Crippen LogP contribution in [0.25, 0.3) is 0 Å². The molecular formula is C13H16BrN3O. The van der Waals surface area contributed by atoms with E-state index < -0.39 is 5.54 Å². The van der Waals surface area contributed by atoms with Crippen molar-refractivity contribution in [2.24, 2.45) is 5.73 Å². The van der Waals surface area contributed by atoms with Crippen molar-refractivity contribution in [1.29, 1.82) is 0 Å². The quantitative estimate of drug-likeness (QED) is 0.886. The lowest BCUT2D eigenvalue weighted by Crippen LogP contribution is -2.41. The van der Waals surface area contributed by atoms with E-state index in [0.29, 0.717) is 13.0 Å². The van der Waals surface area contributed by atoms with Crippen LogP contribution in [-0.2, 0) is 12.1 Å². The molecule has 2 aromatic rings. The van der Waals surface area contributed by atoms with E-state index in [0.717, 1.165) is 10.0 Å². The Morgan fingerprint density at radius 3 is 2.61 bits per heavy atom. The zero-order valence-corrected chi connectivity index (χ0v) is 11.5. The Morgan fingerprint density at radius 2 is 2.06 bits per heavy atom. The molecule has 1 heterocycles. The van der Waals surface area contributed by atoms with Crippen LogP contribution in [-0.4, -0.2) is 21.5 Å². The Bertz CT molecular complexity index is 500. The fourth-order valence-corrected chi connectivity index (χ4v) is 2.19. The molecule has 0 saturated heterocycles. The van der Waals surface area contributed by atoms with Crippen LogP contribution in [0.1, 0.15) is 12.0 Å². The SMILES string of the molecule is NC(CO)(CCn1cc(Br)cn1)c1ccccc1. The molecule has 1 aromatic carbocycles. The Balaban J connectivity index is 2.09. The van der Waals surface area contributed by atoms with Crippen LogP contribution in [0.4, 0.5) is 0 Å². The molecular weight excluding hydrogens is 294 g/mol. The molecule has 2 rings (SSSR count). The first-order valence-electron chi connectivity index (χ1n) is 5.77. The van der Waals surface area contributed by atoms with E-state index >= 15 is 0 Å². The van der Waals surface area contributed by atoms with E-state index in [-0.39, 0.29) is 6.61 Å². The molecule has 18 heavy (non-hydrogen) atoms. The number of halogens is 1. The Hall–Kier alpha value is -1.17. The summed E-state index contributed by atoms with van der Waals surface area (Å²) < 4.78 is 2.75. The summed E-state index contributed by atoms with van der Waals surface area (Å²) >= 11 is 3.35. The minimum absolute atomic E-state index is 0.0839. The van der Waals surface area contributed by atoms with Gasteiger partial charge in [-0.2, -0.15) is 5.10 Å². The van der Waals surface area contributed by atoms with Gasteiger partial charge in [-0.1, -0.05) is 30.3 Å². The number of aliphatic hydroxyl groups excluding tert-OH is 1. The number of nitrogens with two attached hydrogens (primary N) is 1. The van der Waals surface area contributed by atoms with Crippen LogP contribution in [0.5, 0.6) is 0 Å². The van der Waals surface area contributed by atoms with Crippen molar-refractivity contribution in [3.05, 3.63) is 52.8 Å². The van der Waals surface area contributed by atoms with E-state index in [4.69, 9.17) is 5.73 Å². The lowest BCUT2D eigenvalue weighted by molar-refractivity contribution is 0.181. The fraction of sp³-hybridized carbons (Fsp3) is 0.308. The maximum atomic E-state index is 9.56. The highest BCUT2D eigenvalue weighted by Gasteiger charge is 2.26. The molecule has 0 aliphatic heterocycles. The maximum absolute atomic E-state index is 9.56. The average molecular weight is 310 g/mol. The van der Waals surface area contributed by atoms with Crippen molar-refractivity contribution >= 4 is 15.9 Å². The van der Waals surface area contributed by atoms with Gasteiger partial charge in [0.25, 0.3) is 0 Å². The highest BCUT2D eigenvalue weighted by atomic mass is 79.9. The van der Waals surface area contributed by atoms with Gasteiger partial charge in [0, 0.05) is 12.7 Å². The molecule has 96 valence electrons. The molecule has 0 fully saturated rings. The third-order valence-electron chi connectivity index (χ3n) is 3.02. The highest BCUT2D eigenvalue weighted by Crippen LogP contribution is 2.22. The molecule has 0 radical (unpaired) electrons. The molecule has 0 aliphatic carbocycles. The molecule has 1 aromatic heterocycles. The van der Waals surface area contributed by atoms with E-state index in [2.05, 4.69) is 21.0 Å². The molecule has 3 N–H and O–H groups in total. The molecule has 5 heteroatoms. The second-order valence-electron chi connectivity index (χ2n) is 4.35. The average Bonchev–Trinajstić information content (AvgIpc) is 2.83. The van der Waals surface area contributed by atoms with Gasteiger partial charge in [0.15, 0.2) is 0 Å². The number of aryl methyl sites for hydroxylation is 1. The standard InChI is InChI=1S/C13H16BrN3O/c14-12-8-16-17(9-12)7-6-13(15,10-18)11-4-2-1-3-5-11/h1-5,8-9,18H,6-7,10,15H2. The van der Waals surface area contributed by atoms with E-state index in [1.165, 1.54) is 0 Å². The van der Waals surface area contributed by atoms with Gasteiger partial charge in [0.05, 0.1) is 22.8 Å². The van der Waals surface area contributed by atoms with Crippen LogP contribution in [0.2, 0.25) is 0 Å². The van der Waals surface area contributed by atoms with Crippen molar-refractivity contribution in [3.8, 4) is 0 Å². The predicted octanol–water partition coefficient (Wildman–Crippen LogP) is 1.88. The second-order valence-corrected chi connectivity index (χ2v) is 5.27. The number of hydrogen-bond acceptors (Lipinski definition) is 3. The predicted molar refractivity (Wildman–Crippen MR) is 73.9 cm³/mol. The second kappa shape index (κ2) is 5.65. The molecule has 0 amide bonds. The number of rotatable bonds is 5. The molecule has 0 saturated carbocycles. The summed E-state index contributed by atoms with van der Waals surface area (Å²) in [6, 6.07) is 9.67. The summed E-state index contributed by atoms with van der Waals surface area (Å²) in [5.74, 6) is 0. The number of aromatic nitrogens is 2. The van der Waals surface area contributed by atoms with Gasteiger partial charge in [-0.3, -0.25) is 4.68 Å². The third-order valence-corrected chi connectivity index (χ3v) is 3.43. The van der Waals surface area contributed by atoms with Crippen LogP contribution >= 0.6 is 15.9 Å². The minimum Gasteiger partial charge on any atom is -0.394 e. The van der Waals surface area contributed by atoms with Crippen molar-refractivity contribution in [3.63, 3.8) is 0 Å². The Morgan fingerprint density at radius 1 is 1.33 bits per heavy atom. The van der Waals surface area contributed by atoms with Crippen molar-refractivity contribution in [1.82, 2.24) is 9.78 Å². The van der Waals surface area contributed by atoms with Gasteiger partial charge in [-0.05, 0) is 27.9 Å². The summed E-state index contributed by atoms with van der Waals surface area (Å²) in [5, 5.41) is 13.7. The number of nitrogens with zero attached hydrogens (tertiary/aromatic N) is 2. The molecule has 0 aliphatic rings. The van der Waals surface area contributed by atoms with Gasteiger partial charge >= 0.3 is 0 Å². The first kappa shape index (κ1) is 13.3. The number of hydrogen-bond donors (Lipinski definition) is 2. The first-order valence-corrected chi connectivity index (χ1v) is 6.56. The summed E-state index contributed by atoms with van der Waals surface area (Å²) in [4.78, 5) is 0. The van der Waals surface area contributed by atoms with E-state index in [9.17, 15) is 5.11 Å². The Kier molecular flexibility index (Phi) is 4.16. The normalized spacial score (nSPS) is 14.4. The summed E-state index contributed by atoms with van der Waals surface area (Å²) in [6.45, 7) is 0.580. The fourth-order valence-electron chi connectivity index (χ4n) is 1.86. The lowest BCUT2D eigenvalue weighted by Gasteiger charge is -2.27. The van der Waals surface area contributed by atoms with E-state index in [1.807, 2.05) is 41.2 Å². The van der Waals surface area contributed by atoms with Crippen molar-refractivity contribution in [2.75, 3.05) is 6.61 Å². The van der Waals surface area contributed by atoms with Crippen LogP contribution in [0, 0.1) is 0 Å². The number of benzene rings is 1. The van der Waals surface area contributed by atoms with Crippen molar-refractivity contribution < 1.29 is 5.11 Å². The largest absolute Gasteiger partial charge is 0.394 e. The highest BCUT2D eigenvalue weighted by molar-refractivity contribution is 9.10. The molecule has 0 spiro atoms. The van der Waals surface area contributed by atoms with Gasteiger partial charge in [-0.25, -0.2) is 0 Å². The van der Waals surface area contributed by atoms with Gasteiger partial charge in [0.1, 0.15) is 0 Å². The third kappa shape index (κ3) is 2.98. The van der Waals surface area contributed by atoms with Gasteiger partial charge in [0.2, 0.25) is 0 Å². The number of aliphatic hydroxyl groups is 1. The summed E-state index contributed by atoms with van der Waals surface area (Å²) in [6.07, 6.45) is 4.25. The topological polar surface area (TPSA) is 64.1 Å².